The number of nitrogens with one attached hydrogen (secondary N) is 1. The van der Waals surface area contributed by atoms with E-state index in [1.54, 1.807) is 21.3 Å². The van der Waals surface area contributed by atoms with Gasteiger partial charge >= 0.3 is 0 Å². The van der Waals surface area contributed by atoms with Crippen molar-refractivity contribution in [1.29, 1.82) is 0 Å². The number of aryl methyl sites for hydroxylation is 1. The van der Waals surface area contributed by atoms with Crippen LogP contribution >= 0.6 is 0 Å². The van der Waals surface area contributed by atoms with Gasteiger partial charge in [0.2, 0.25) is 0 Å². The molecule has 0 aliphatic carbocycles. The van der Waals surface area contributed by atoms with Crippen LogP contribution in [0.3, 0.4) is 0 Å². The van der Waals surface area contributed by atoms with Crippen molar-refractivity contribution in [2.24, 2.45) is 0 Å². The highest BCUT2D eigenvalue weighted by Gasteiger charge is 2.16. The van der Waals surface area contributed by atoms with E-state index < -0.39 is 0 Å². The van der Waals surface area contributed by atoms with Crippen LogP contribution in [-0.2, 0) is 9.47 Å². The van der Waals surface area contributed by atoms with Crippen LogP contribution in [-0.4, -0.2) is 33.7 Å². The normalized spacial score (nSPS) is 12.6. The highest BCUT2D eigenvalue weighted by molar-refractivity contribution is 5.58. The molecule has 0 bridgehead atoms. The molecular weight excluding hydrogens is 218 g/mol. The zero-order chi connectivity index (χ0) is 12.8. The summed E-state index contributed by atoms with van der Waals surface area (Å²) in [6.45, 7) is 4.04. The monoisotopic (exact) mass is 239 g/mol. The van der Waals surface area contributed by atoms with Crippen LogP contribution in [0.5, 0.6) is 5.75 Å². The Hall–Kier alpha value is -1.26. The molecular formula is C13H21NO3. The Labute approximate surface area is 103 Å². The summed E-state index contributed by atoms with van der Waals surface area (Å²) < 4.78 is 15.7. The van der Waals surface area contributed by atoms with E-state index in [0.717, 1.165) is 11.4 Å². The Morgan fingerprint density at radius 3 is 2.29 bits per heavy atom. The number of hydrogen-bond donors (Lipinski definition) is 1. The number of methoxy groups -OCH3 is 3. The average molecular weight is 239 g/mol. The minimum Gasteiger partial charge on any atom is -0.495 e. The number of rotatable bonds is 6. The summed E-state index contributed by atoms with van der Waals surface area (Å²) in [5, 5.41) is 3.33. The van der Waals surface area contributed by atoms with Crippen molar-refractivity contribution in [3.63, 3.8) is 0 Å². The van der Waals surface area contributed by atoms with E-state index in [0.29, 0.717) is 0 Å². The zero-order valence-electron chi connectivity index (χ0n) is 11.1. The fourth-order valence-electron chi connectivity index (χ4n) is 1.75. The molecule has 1 aromatic carbocycles. The van der Waals surface area contributed by atoms with Gasteiger partial charge < -0.3 is 19.5 Å². The Balaban J connectivity index is 2.82. The van der Waals surface area contributed by atoms with E-state index in [1.165, 1.54) is 5.56 Å². The molecule has 1 aromatic rings. The first-order chi connectivity index (χ1) is 8.12. The Morgan fingerprint density at radius 2 is 1.76 bits per heavy atom. The van der Waals surface area contributed by atoms with Crippen LogP contribution in [0.2, 0.25) is 0 Å². The molecule has 1 atom stereocenters. The molecule has 1 rings (SSSR count). The van der Waals surface area contributed by atoms with Crippen molar-refractivity contribution >= 4 is 5.69 Å². The second-order valence-corrected chi connectivity index (χ2v) is 3.98. The lowest BCUT2D eigenvalue weighted by molar-refractivity contribution is -0.109. The van der Waals surface area contributed by atoms with Crippen LogP contribution < -0.4 is 10.1 Å². The van der Waals surface area contributed by atoms with E-state index in [2.05, 4.69) is 5.32 Å². The molecule has 0 saturated heterocycles. The van der Waals surface area contributed by atoms with Crippen LogP contribution in [0.4, 0.5) is 5.69 Å². The van der Waals surface area contributed by atoms with E-state index in [4.69, 9.17) is 14.2 Å². The summed E-state index contributed by atoms with van der Waals surface area (Å²) >= 11 is 0. The van der Waals surface area contributed by atoms with Crippen molar-refractivity contribution in [2.45, 2.75) is 26.2 Å². The number of benzene rings is 1. The zero-order valence-corrected chi connectivity index (χ0v) is 11.1. The first-order valence-corrected chi connectivity index (χ1v) is 5.59. The van der Waals surface area contributed by atoms with Crippen molar-refractivity contribution in [3.05, 3.63) is 23.8 Å². The maximum Gasteiger partial charge on any atom is 0.176 e. The fourth-order valence-corrected chi connectivity index (χ4v) is 1.75. The third kappa shape index (κ3) is 3.61. The molecule has 0 amide bonds. The lowest BCUT2D eigenvalue weighted by Gasteiger charge is -2.24. The maximum absolute atomic E-state index is 5.30. The second kappa shape index (κ2) is 6.47. The smallest absolute Gasteiger partial charge is 0.176 e. The molecule has 0 spiro atoms. The highest BCUT2D eigenvalue weighted by Crippen LogP contribution is 2.26. The van der Waals surface area contributed by atoms with Crippen LogP contribution in [0, 0.1) is 6.92 Å². The molecule has 1 unspecified atom stereocenters. The minimum absolute atomic E-state index is 0.0284. The summed E-state index contributed by atoms with van der Waals surface area (Å²) in [4.78, 5) is 0. The summed E-state index contributed by atoms with van der Waals surface area (Å²) in [5.41, 5.74) is 2.12. The van der Waals surface area contributed by atoms with E-state index in [9.17, 15) is 0 Å². The molecule has 0 fully saturated rings. The molecule has 0 heterocycles. The predicted molar refractivity (Wildman–Crippen MR) is 68.6 cm³/mol. The van der Waals surface area contributed by atoms with Crippen molar-refractivity contribution in [1.82, 2.24) is 0 Å². The van der Waals surface area contributed by atoms with Gasteiger partial charge in [-0.2, -0.15) is 0 Å². The first-order valence-electron chi connectivity index (χ1n) is 5.59. The van der Waals surface area contributed by atoms with Gasteiger partial charge in [0.15, 0.2) is 6.29 Å². The molecule has 96 valence electrons. The van der Waals surface area contributed by atoms with Gasteiger partial charge in [-0.05, 0) is 31.5 Å². The van der Waals surface area contributed by atoms with Gasteiger partial charge in [0.1, 0.15) is 5.75 Å². The Bertz CT molecular complexity index is 351. The Morgan fingerprint density at radius 1 is 1.12 bits per heavy atom. The van der Waals surface area contributed by atoms with Crippen LogP contribution in [0.1, 0.15) is 12.5 Å². The molecule has 4 nitrogen and oxygen atoms in total. The van der Waals surface area contributed by atoms with E-state index >= 15 is 0 Å². The molecule has 0 aromatic heterocycles. The van der Waals surface area contributed by atoms with E-state index in [1.807, 2.05) is 32.0 Å². The third-order valence-corrected chi connectivity index (χ3v) is 2.61. The van der Waals surface area contributed by atoms with Gasteiger partial charge in [0.05, 0.1) is 18.8 Å². The molecule has 4 heteroatoms. The van der Waals surface area contributed by atoms with Gasteiger partial charge in [0.25, 0.3) is 0 Å². The van der Waals surface area contributed by atoms with Crippen molar-refractivity contribution < 1.29 is 14.2 Å². The van der Waals surface area contributed by atoms with Gasteiger partial charge in [0, 0.05) is 14.2 Å². The lowest BCUT2D eigenvalue weighted by Crippen LogP contribution is -2.33. The molecule has 0 saturated carbocycles. The number of ether oxygens (including phenoxy) is 3. The van der Waals surface area contributed by atoms with Crippen molar-refractivity contribution in [2.75, 3.05) is 26.6 Å². The predicted octanol–water partition coefficient (Wildman–Crippen LogP) is 2.42. The topological polar surface area (TPSA) is 39.7 Å². The maximum atomic E-state index is 5.30. The molecule has 17 heavy (non-hydrogen) atoms. The largest absolute Gasteiger partial charge is 0.495 e. The van der Waals surface area contributed by atoms with Gasteiger partial charge in [-0.1, -0.05) is 6.07 Å². The first kappa shape index (κ1) is 13.8. The second-order valence-electron chi connectivity index (χ2n) is 3.98. The summed E-state index contributed by atoms with van der Waals surface area (Å²) in [6, 6.07) is 6.02. The molecule has 0 aliphatic rings. The Kier molecular flexibility index (Phi) is 5.25. The quantitative estimate of drug-likeness (QED) is 0.774. The van der Waals surface area contributed by atoms with Crippen LogP contribution in [0.15, 0.2) is 18.2 Å². The van der Waals surface area contributed by atoms with Gasteiger partial charge in [-0.3, -0.25) is 0 Å². The van der Waals surface area contributed by atoms with E-state index in [-0.39, 0.29) is 12.3 Å². The average Bonchev–Trinajstić information content (AvgIpc) is 2.31. The number of hydrogen-bond acceptors (Lipinski definition) is 4. The molecule has 0 radical (unpaired) electrons. The molecule has 0 aliphatic heterocycles. The fraction of sp³-hybridized carbons (Fsp3) is 0.538. The lowest BCUT2D eigenvalue weighted by atomic mass is 10.2. The minimum atomic E-state index is -0.291. The SMILES string of the molecule is COc1ccc(C)cc1NC(C)C(OC)OC. The van der Waals surface area contributed by atoms with Gasteiger partial charge in [-0.25, -0.2) is 0 Å². The summed E-state index contributed by atoms with van der Waals surface area (Å²) in [5.74, 6) is 0.813. The number of anilines is 1. The highest BCUT2D eigenvalue weighted by atomic mass is 16.7. The summed E-state index contributed by atoms with van der Waals surface area (Å²) in [7, 11) is 4.91. The summed E-state index contributed by atoms with van der Waals surface area (Å²) in [6.07, 6.45) is -0.291. The van der Waals surface area contributed by atoms with Gasteiger partial charge in [-0.15, -0.1) is 0 Å². The van der Waals surface area contributed by atoms with Crippen molar-refractivity contribution in [3.8, 4) is 5.75 Å². The molecule has 1 N–H and O–H groups in total. The third-order valence-electron chi connectivity index (χ3n) is 2.61. The standard InChI is InChI=1S/C13H21NO3/c1-9-6-7-12(15-3)11(8-9)14-10(2)13(16-4)17-5/h6-8,10,13-14H,1-5H3. The van der Waals surface area contributed by atoms with Crippen LogP contribution in [0.25, 0.3) is 0 Å².